The number of aliphatic carboxylic acids is 1. The third-order valence-corrected chi connectivity index (χ3v) is 13.1. The lowest BCUT2D eigenvalue weighted by atomic mass is 9.33. The van der Waals surface area contributed by atoms with Gasteiger partial charge in [0.1, 0.15) is 5.78 Å². The van der Waals surface area contributed by atoms with Gasteiger partial charge in [-0.2, -0.15) is 0 Å². The van der Waals surface area contributed by atoms with Crippen LogP contribution in [0.5, 0.6) is 0 Å². The average Bonchev–Trinajstić information content (AvgIpc) is 2.77. The Balaban J connectivity index is 1.63. The summed E-state index contributed by atoms with van der Waals surface area (Å²) in [6, 6.07) is 0. The number of carbonyl (C=O) groups is 2. The number of ketones is 1. The molecule has 0 aromatic heterocycles. The Kier molecular flexibility index (Phi) is 5.40. The first-order valence-corrected chi connectivity index (χ1v) is 13.9. The van der Waals surface area contributed by atoms with Gasteiger partial charge < -0.3 is 15.3 Å². The Labute approximate surface area is 210 Å². The molecule has 0 aromatic rings. The van der Waals surface area contributed by atoms with Crippen LogP contribution < -0.4 is 0 Å². The number of carboxylic acid groups (broad SMARTS) is 1. The van der Waals surface area contributed by atoms with Gasteiger partial charge in [-0.15, -0.1) is 0 Å². The highest BCUT2D eigenvalue weighted by molar-refractivity contribution is 5.87. The predicted octanol–water partition coefficient (Wildman–Crippen LogP) is 5.39. The molecule has 9 atom stereocenters. The topological polar surface area (TPSA) is 94.8 Å². The fraction of sp³-hybridized carbons (Fsp3) is 0.867. The Morgan fingerprint density at radius 1 is 1.00 bits per heavy atom. The Bertz CT molecular complexity index is 983. The van der Waals surface area contributed by atoms with Crippen molar-refractivity contribution in [3.05, 3.63) is 11.6 Å². The first-order chi connectivity index (χ1) is 16.1. The third kappa shape index (κ3) is 2.94. The van der Waals surface area contributed by atoms with Crippen LogP contribution in [-0.4, -0.2) is 39.8 Å². The number of rotatable bonds is 2. The zero-order valence-corrected chi connectivity index (χ0v) is 22.6. The zero-order valence-electron chi connectivity index (χ0n) is 22.6. The molecule has 4 fully saturated rings. The minimum Gasteiger partial charge on any atom is -0.481 e. The minimum absolute atomic E-state index is 0.0526. The molecular formula is C30H46O5. The van der Waals surface area contributed by atoms with Gasteiger partial charge in [-0.1, -0.05) is 53.2 Å². The maximum absolute atomic E-state index is 13.7. The van der Waals surface area contributed by atoms with E-state index in [9.17, 15) is 24.9 Å². The average molecular weight is 487 g/mol. The number of hydrogen-bond donors (Lipinski definition) is 3. The van der Waals surface area contributed by atoms with Crippen molar-refractivity contribution in [3.8, 4) is 0 Å². The van der Waals surface area contributed by atoms with Crippen molar-refractivity contribution in [2.75, 3.05) is 6.61 Å². The van der Waals surface area contributed by atoms with Crippen molar-refractivity contribution < 1.29 is 24.9 Å². The molecule has 0 amide bonds. The number of carbonyl (C=O) groups excluding carboxylic acids is 1. The maximum atomic E-state index is 13.7. The van der Waals surface area contributed by atoms with E-state index in [1.165, 1.54) is 5.57 Å². The van der Waals surface area contributed by atoms with E-state index in [1.807, 2.05) is 6.92 Å². The van der Waals surface area contributed by atoms with E-state index in [0.29, 0.717) is 6.42 Å². The Morgan fingerprint density at radius 3 is 2.29 bits per heavy atom. The van der Waals surface area contributed by atoms with Gasteiger partial charge in [0.2, 0.25) is 0 Å². The fourth-order valence-electron chi connectivity index (χ4n) is 10.4. The van der Waals surface area contributed by atoms with Crippen LogP contribution >= 0.6 is 0 Å². The summed E-state index contributed by atoms with van der Waals surface area (Å²) in [4.78, 5) is 26.5. The highest BCUT2D eigenvalue weighted by Gasteiger charge is 2.71. The van der Waals surface area contributed by atoms with Gasteiger partial charge in [0.25, 0.3) is 0 Å². The van der Waals surface area contributed by atoms with Gasteiger partial charge in [0.05, 0.1) is 18.1 Å². The van der Waals surface area contributed by atoms with Gasteiger partial charge in [-0.3, -0.25) is 9.59 Å². The van der Waals surface area contributed by atoms with E-state index in [-0.39, 0.29) is 52.8 Å². The van der Waals surface area contributed by atoms with E-state index in [4.69, 9.17) is 0 Å². The molecule has 4 saturated carbocycles. The first kappa shape index (κ1) is 25.4. The summed E-state index contributed by atoms with van der Waals surface area (Å²) in [6.45, 7) is 13.3. The molecule has 5 heteroatoms. The van der Waals surface area contributed by atoms with E-state index < -0.39 is 28.3 Å². The van der Waals surface area contributed by atoms with Gasteiger partial charge in [0, 0.05) is 17.3 Å². The van der Waals surface area contributed by atoms with E-state index in [2.05, 4.69) is 40.7 Å². The number of aliphatic hydroxyl groups is 2. The monoisotopic (exact) mass is 486 g/mol. The summed E-state index contributed by atoms with van der Waals surface area (Å²) in [5.41, 5.74) is -0.716. The van der Waals surface area contributed by atoms with Crippen LogP contribution in [0.2, 0.25) is 0 Å². The molecular weight excluding hydrogens is 440 g/mol. The smallest absolute Gasteiger partial charge is 0.310 e. The summed E-state index contributed by atoms with van der Waals surface area (Å²) in [6.07, 6.45) is 8.38. The number of aliphatic hydroxyl groups excluding tert-OH is 2. The number of carboxylic acids is 1. The number of Topliss-reactive ketones (excluding diaryl/α,β-unsaturated/α-hetero) is 1. The van der Waals surface area contributed by atoms with Gasteiger partial charge in [0.15, 0.2) is 0 Å². The second kappa shape index (κ2) is 7.43. The van der Waals surface area contributed by atoms with Crippen molar-refractivity contribution in [1.29, 1.82) is 0 Å². The Morgan fingerprint density at radius 2 is 1.66 bits per heavy atom. The van der Waals surface area contributed by atoms with E-state index in [1.54, 1.807) is 0 Å². The standard InChI is InChI=1S/C30H46O5/c1-25(2)11-13-30(24(34)35)14-12-27(4)18(19(30)16-25)7-8-21-28(27,5)10-9-20-26(3,17-31)22(32)15-23(33)29(20,21)6/h7,19-22,31-32H,8-17H2,1-6H3,(H,34,35)/t19-,20-,21+,22-,26-,27+,28+,29-,30-/m0/s1. The molecule has 0 aromatic carbocycles. The second-order valence-corrected chi connectivity index (χ2v) is 14.8. The van der Waals surface area contributed by atoms with E-state index in [0.717, 1.165) is 44.9 Å². The summed E-state index contributed by atoms with van der Waals surface area (Å²) in [5, 5.41) is 31.7. The lowest BCUT2D eigenvalue weighted by Gasteiger charge is -2.70. The van der Waals surface area contributed by atoms with Crippen molar-refractivity contribution in [2.24, 2.45) is 50.2 Å². The highest BCUT2D eigenvalue weighted by atomic mass is 16.4. The largest absolute Gasteiger partial charge is 0.481 e. The summed E-state index contributed by atoms with van der Waals surface area (Å²) in [7, 11) is 0. The quantitative estimate of drug-likeness (QED) is 0.455. The van der Waals surface area contributed by atoms with Crippen LogP contribution in [0.3, 0.4) is 0 Å². The summed E-state index contributed by atoms with van der Waals surface area (Å²) >= 11 is 0. The summed E-state index contributed by atoms with van der Waals surface area (Å²) in [5.74, 6) is -0.353. The van der Waals surface area contributed by atoms with Gasteiger partial charge in [-0.05, 0) is 85.4 Å². The molecule has 0 bridgehead atoms. The lowest BCUT2D eigenvalue weighted by molar-refractivity contribution is -0.211. The van der Waals surface area contributed by atoms with Gasteiger partial charge >= 0.3 is 5.97 Å². The van der Waals surface area contributed by atoms with Crippen molar-refractivity contribution in [3.63, 3.8) is 0 Å². The van der Waals surface area contributed by atoms with Crippen LogP contribution in [-0.2, 0) is 9.59 Å². The maximum Gasteiger partial charge on any atom is 0.310 e. The molecule has 0 radical (unpaired) electrons. The second-order valence-electron chi connectivity index (χ2n) is 14.8. The van der Waals surface area contributed by atoms with E-state index >= 15 is 0 Å². The van der Waals surface area contributed by atoms with Crippen LogP contribution in [0.15, 0.2) is 11.6 Å². The summed E-state index contributed by atoms with van der Waals surface area (Å²) < 4.78 is 0. The normalized spacial score (nSPS) is 52.9. The molecule has 5 aliphatic carbocycles. The molecule has 5 nitrogen and oxygen atoms in total. The van der Waals surface area contributed by atoms with Crippen molar-refractivity contribution in [2.45, 2.75) is 105 Å². The van der Waals surface area contributed by atoms with Crippen LogP contribution in [0.1, 0.15) is 99.3 Å². The Hall–Kier alpha value is -1.20. The molecule has 35 heavy (non-hydrogen) atoms. The van der Waals surface area contributed by atoms with Crippen molar-refractivity contribution in [1.82, 2.24) is 0 Å². The zero-order chi connectivity index (χ0) is 25.8. The molecule has 3 N–H and O–H groups in total. The molecule has 196 valence electrons. The molecule has 0 aliphatic heterocycles. The lowest BCUT2D eigenvalue weighted by Crippen LogP contribution is -2.68. The van der Waals surface area contributed by atoms with Gasteiger partial charge in [-0.25, -0.2) is 0 Å². The molecule has 5 aliphatic rings. The number of hydrogen-bond acceptors (Lipinski definition) is 4. The predicted molar refractivity (Wildman–Crippen MR) is 134 cm³/mol. The fourth-order valence-corrected chi connectivity index (χ4v) is 10.4. The number of allylic oxidation sites excluding steroid dienone is 2. The number of fused-ring (bicyclic) bond motifs is 7. The molecule has 0 saturated heterocycles. The minimum atomic E-state index is -0.803. The first-order valence-electron chi connectivity index (χ1n) is 13.9. The molecule has 5 rings (SSSR count). The highest BCUT2D eigenvalue weighted by Crippen LogP contribution is 2.75. The van der Waals surface area contributed by atoms with Crippen LogP contribution in [0.4, 0.5) is 0 Å². The van der Waals surface area contributed by atoms with Crippen LogP contribution in [0, 0.1) is 50.2 Å². The SMILES string of the molecule is CC1(C)CC[C@]2(C(=O)O)CC[C@]3(C)C(=CC[C@H]4[C@@]5(C)C(=O)C[C@H](O)[C@@](C)(CO)[C@@H]5CC[C@]43C)[C@@H]2C1. The van der Waals surface area contributed by atoms with Crippen LogP contribution in [0.25, 0.3) is 0 Å². The molecule has 0 spiro atoms. The third-order valence-electron chi connectivity index (χ3n) is 13.1. The molecule has 0 unspecified atom stereocenters. The van der Waals surface area contributed by atoms with Crippen molar-refractivity contribution >= 4 is 11.8 Å². The molecule has 0 heterocycles.